The van der Waals surface area contributed by atoms with Crippen molar-refractivity contribution in [2.75, 3.05) is 6.61 Å². The minimum Gasteiger partial charge on any atom is -0.392 e. The zero-order valence-electron chi connectivity index (χ0n) is 7.59. The van der Waals surface area contributed by atoms with Crippen LogP contribution in [-0.2, 0) is 0 Å². The molecule has 66 valence electrons. The Morgan fingerprint density at radius 3 is 3.08 bits per heavy atom. The fraction of sp³-hybridized carbons (Fsp3) is 0.455. The maximum Gasteiger partial charge on any atom is 0.0617 e. The zero-order chi connectivity index (χ0) is 8.81. The van der Waals surface area contributed by atoms with E-state index in [9.17, 15) is 0 Å². The van der Waals surface area contributed by atoms with Crippen LogP contribution >= 0.6 is 0 Å². The van der Waals surface area contributed by atoms with Crippen LogP contribution in [0.1, 0.15) is 26.2 Å². The minimum absolute atomic E-state index is 0.138. The Labute approximate surface area is 74.1 Å². The van der Waals surface area contributed by atoms with Crippen molar-refractivity contribution < 1.29 is 5.11 Å². The van der Waals surface area contributed by atoms with E-state index in [4.69, 9.17) is 5.11 Å². The Balaban J connectivity index is 2.60. The van der Waals surface area contributed by atoms with E-state index in [1.54, 1.807) is 0 Å². The highest BCUT2D eigenvalue weighted by molar-refractivity contribution is 5.30. The van der Waals surface area contributed by atoms with E-state index in [2.05, 4.69) is 18.2 Å². The van der Waals surface area contributed by atoms with Gasteiger partial charge >= 0.3 is 0 Å². The fourth-order valence-corrected chi connectivity index (χ4v) is 1.36. The molecule has 0 fully saturated rings. The van der Waals surface area contributed by atoms with Crippen molar-refractivity contribution in [3.05, 3.63) is 35.5 Å². The average molecular weight is 164 g/mol. The summed E-state index contributed by atoms with van der Waals surface area (Å²) in [5, 5.41) is 8.64. The molecule has 1 nitrogen and oxygen atoms in total. The lowest BCUT2D eigenvalue weighted by Crippen LogP contribution is -1.87. The maximum absolute atomic E-state index is 8.64. The van der Waals surface area contributed by atoms with Crippen LogP contribution < -0.4 is 0 Å². The highest BCUT2D eigenvalue weighted by Crippen LogP contribution is 2.17. The molecule has 0 amide bonds. The van der Waals surface area contributed by atoms with Crippen molar-refractivity contribution in [2.45, 2.75) is 26.2 Å². The molecule has 0 bridgehead atoms. The van der Waals surface area contributed by atoms with Crippen LogP contribution in [0.5, 0.6) is 0 Å². The number of aliphatic hydroxyl groups excluding tert-OH is 1. The lowest BCUT2D eigenvalue weighted by Gasteiger charge is -2.06. The van der Waals surface area contributed by atoms with Crippen LogP contribution in [0.25, 0.3) is 0 Å². The Bertz CT molecular complexity index is 221. The van der Waals surface area contributed by atoms with Gasteiger partial charge in [-0.25, -0.2) is 0 Å². The van der Waals surface area contributed by atoms with Crippen molar-refractivity contribution in [2.24, 2.45) is 0 Å². The number of hydrogen-bond acceptors (Lipinski definition) is 1. The third kappa shape index (κ3) is 3.05. The first-order chi connectivity index (χ1) is 5.83. The summed E-state index contributed by atoms with van der Waals surface area (Å²) in [7, 11) is 0. The molecule has 0 aromatic carbocycles. The largest absolute Gasteiger partial charge is 0.392 e. The number of allylic oxidation sites excluding steroid dienone is 5. The van der Waals surface area contributed by atoms with Gasteiger partial charge in [-0.1, -0.05) is 29.9 Å². The number of hydrogen-bond donors (Lipinski definition) is 1. The van der Waals surface area contributed by atoms with Crippen LogP contribution in [-0.4, -0.2) is 11.7 Å². The molecule has 0 saturated carbocycles. The van der Waals surface area contributed by atoms with Crippen molar-refractivity contribution in [1.82, 2.24) is 0 Å². The predicted molar refractivity (Wildman–Crippen MR) is 51.9 cm³/mol. The summed E-state index contributed by atoms with van der Waals surface area (Å²) >= 11 is 0. The molecule has 0 aromatic rings. The molecule has 0 aromatic heterocycles. The number of rotatable bonds is 2. The zero-order valence-corrected chi connectivity index (χ0v) is 7.59. The first kappa shape index (κ1) is 9.27. The van der Waals surface area contributed by atoms with Crippen molar-refractivity contribution in [3.63, 3.8) is 0 Å². The summed E-state index contributed by atoms with van der Waals surface area (Å²) in [4.78, 5) is 0. The molecule has 0 heterocycles. The van der Waals surface area contributed by atoms with E-state index in [1.165, 1.54) is 24.8 Å². The molecule has 1 aliphatic carbocycles. The van der Waals surface area contributed by atoms with Gasteiger partial charge in [-0.15, -0.1) is 0 Å². The predicted octanol–water partition coefficient (Wildman–Crippen LogP) is 2.59. The lowest BCUT2D eigenvalue weighted by molar-refractivity contribution is 0.342. The summed E-state index contributed by atoms with van der Waals surface area (Å²) in [6, 6.07) is 0. The molecule has 0 spiro atoms. The van der Waals surface area contributed by atoms with Gasteiger partial charge in [-0.2, -0.15) is 0 Å². The van der Waals surface area contributed by atoms with E-state index in [0.717, 1.165) is 5.57 Å². The monoisotopic (exact) mass is 164 g/mol. The van der Waals surface area contributed by atoms with Crippen molar-refractivity contribution in [1.29, 1.82) is 0 Å². The highest BCUT2D eigenvalue weighted by Gasteiger charge is 1.97. The molecule has 0 radical (unpaired) electrons. The third-order valence-electron chi connectivity index (χ3n) is 1.99. The molecule has 0 aliphatic heterocycles. The quantitative estimate of drug-likeness (QED) is 0.665. The minimum atomic E-state index is 0.138. The Kier molecular flexibility index (Phi) is 3.81. The first-order valence-corrected chi connectivity index (χ1v) is 4.47. The number of aliphatic hydroxyl groups is 1. The van der Waals surface area contributed by atoms with Gasteiger partial charge in [0.25, 0.3) is 0 Å². The molecule has 1 rings (SSSR count). The molecule has 1 aliphatic rings. The average Bonchev–Trinajstić information content (AvgIpc) is 2.06. The lowest BCUT2D eigenvalue weighted by atomic mass is 10.0. The van der Waals surface area contributed by atoms with E-state index >= 15 is 0 Å². The summed E-state index contributed by atoms with van der Waals surface area (Å²) in [6.45, 7) is 2.16. The highest BCUT2D eigenvalue weighted by atomic mass is 16.2. The molecule has 0 atom stereocenters. The molecule has 1 heteroatoms. The van der Waals surface area contributed by atoms with Gasteiger partial charge in [0.15, 0.2) is 0 Å². The normalized spacial score (nSPS) is 21.8. The fourth-order valence-electron chi connectivity index (χ4n) is 1.36. The second-order valence-electron chi connectivity index (χ2n) is 3.14. The van der Waals surface area contributed by atoms with Crippen LogP contribution in [0.3, 0.4) is 0 Å². The van der Waals surface area contributed by atoms with Crippen LogP contribution in [0.2, 0.25) is 0 Å². The van der Waals surface area contributed by atoms with Gasteiger partial charge in [0.05, 0.1) is 6.61 Å². The maximum atomic E-state index is 8.64. The van der Waals surface area contributed by atoms with E-state index in [1.807, 2.05) is 13.0 Å². The van der Waals surface area contributed by atoms with Gasteiger partial charge in [0.1, 0.15) is 0 Å². The van der Waals surface area contributed by atoms with Gasteiger partial charge < -0.3 is 5.11 Å². The topological polar surface area (TPSA) is 20.2 Å². The van der Waals surface area contributed by atoms with E-state index < -0.39 is 0 Å². The summed E-state index contributed by atoms with van der Waals surface area (Å²) < 4.78 is 0. The van der Waals surface area contributed by atoms with Gasteiger partial charge in [-0.05, 0) is 31.8 Å². The molecule has 1 N–H and O–H groups in total. The molecule has 0 saturated heterocycles. The molecular weight excluding hydrogens is 148 g/mol. The third-order valence-corrected chi connectivity index (χ3v) is 1.99. The summed E-state index contributed by atoms with van der Waals surface area (Å²) in [5.41, 5.74) is 2.53. The second kappa shape index (κ2) is 4.94. The van der Waals surface area contributed by atoms with E-state index in [-0.39, 0.29) is 6.61 Å². The van der Waals surface area contributed by atoms with Crippen LogP contribution in [0, 0.1) is 0 Å². The van der Waals surface area contributed by atoms with Gasteiger partial charge in [0, 0.05) is 0 Å². The Morgan fingerprint density at radius 1 is 1.67 bits per heavy atom. The second-order valence-corrected chi connectivity index (χ2v) is 3.14. The molecular formula is C11H16O. The standard InChI is InChI=1S/C11H16O/c1-10(7-8-12)9-11-5-3-2-4-6-11/h3,5,7,9,12H,2,4,6,8H2,1H3/b10-7+,11-9-. The van der Waals surface area contributed by atoms with Crippen molar-refractivity contribution >= 4 is 0 Å². The molecule has 0 unspecified atom stereocenters. The smallest absolute Gasteiger partial charge is 0.0617 e. The SMILES string of the molecule is CC(=C\CO)/C=C1/C=CCCC1. The van der Waals surface area contributed by atoms with Gasteiger partial charge in [0.2, 0.25) is 0 Å². The first-order valence-electron chi connectivity index (χ1n) is 4.47. The van der Waals surface area contributed by atoms with Crippen molar-refractivity contribution in [3.8, 4) is 0 Å². The van der Waals surface area contributed by atoms with Crippen LogP contribution in [0.15, 0.2) is 35.5 Å². The summed E-state index contributed by atoms with van der Waals surface area (Å²) in [6.07, 6.45) is 12.0. The Morgan fingerprint density at radius 2 is 2.50 bits per heavy atom. The molecule has 12 heavy (non-hydrogen) atoms. The van der Waals surface area contributed by atoms with E-state index in [0.29, 0.717) is 0 Å². The van der Waals surface area contributed by atoms with Crippen LogP contribution in [0.4, 0.5) is 0 Å². The van der Waals surface area contributed by atoms with Gasteiger partial charge in [-0.3, -0.25) is 0 Å². The Hall–Kier alpha value is -0.820. The summed E-state index contributed by atoms with van der Waals surface area (Å²) in [5.74, 6) is 0.